The molecule has 10 heteroatoms. The Morgan fingerprint density at radius 2 is 1.97 bits per heavy atom. The topological polar surface area (TPSA) is 84.9 Å². The highest BCUT2D eigenvalue weighted by molar-refractivity contribution is 7.79. The van der Waals surface area contributed by atoms with Crippen LogP contribution in [-0.4, -0.2) is 48.8 Å². The Bertz CT molecular complexity index is 1120. The fourth-order valence-electron chi connectivity index (χ4n) is 3.70. The van der Waals surface area contributed by atoms with Gasteiger partial charge in [0.1, 0.15) is 12.7 Å². The molecule has 1 aliphatic rings. The molecule has 0 radical (unpaired) electrons. The first-order valence-corrected chi connectivity index (χ1v) is 13.0. The molecule has 2 aromatic rings. The second-order valence-electron chi connectivity index (χ2n) is 7.92. The number of rotatable bonds is 10. The van der Waals surface area contributed by atoms with Crippen LogP contribution in [0.25, 0.3) is 11.6 Å². The predicted octanol–water partition coefficient (Wildman–Crippen LogP) is 5.05. The van der Waals surface area contributed by atoms with Gasteiger partial charge in [0.15, 0.2) is 11.1 Å². The van der Waals surface area contributed by atoms with Gasteiger partial charge in [0.25, 0.3) is 5.92 Å². The van der Waals surface area contributed by atoms with Crippen LogP contribution in [0.2, 0.25) is 0 Å². The number of carbonyl (C=O) groups is 2. The van der Waals surface area contributed by atoms with Gasteiger partial charge in [-0.2, -0.15) is 8.78 Å². The van der Waals surface area contributed by atoms with E-state index in [1.165, 1.54) is 23.3 Å². The first-order chi connectivity index (χ1) is 17.1. The minimum absolute atomic E-state index is 0.0385. The zero-order valence-corrected chi connectivity index (χ0v) is 21.9. The quantitative estimate of drug-likeness (QED) is 0.349. The van der Waals surface area contributed by atoms with Gasteiger partial charge in [-0.3, -0.25) is 13.9 Å². The number of nitrogens with zero attached hydrogens (tertiary/aromatic N) is 1. The molecule has 2 aromatic carbocycles. The molecule has 2 amide bonds. The normalized spacial score (nSPS) is 16.6. The number of aryl methyl sites for hydroxylation is 1. The summed E-state index contributed by atoms with van der Waals surface area (Å²) in [5, 5.41) is 2.05. The molecule has 1 saturated heterocycles. The number of ether oxygens (including phenoxy) is 1. The van der Waals surface area contributed by atoms with E-state index in [2.05, 4.69) is 0 Å². The van der Waals surface area contributed by atoms with E-state index in [0.717, 1.165) is 11.1 Å². The van der Waals surface area contributed by atoms with Crippen LogP contribution in [0.1, 0.15) is 43.0 Å². The van der Waals surface area contributed by atoms with Crippen molar-refractivity contribution in [1.82, 2.24) is 5.32 Å². The number of carbonyl (C=O) groups excluding carboxylic acids is 2. The van der Waals surface area contributed by atoms with Gasteiger partial charge >= 0.3 is 6.09 Å². The maximum absolute atomic E-state index is 14.7. The van der Waals surface area contributed by atoms with Gasteiger partial charge in [0.05, 0.1) is 13.1 Å². The molecule has 1 N–H and O–H groups in total. The lowest BCUT2D eigenvalue weighted by Crippen LogP contribution is -2.30. The summed E-state index contributed by atoms with van der Waals surface area (Å²) in [6.45, 7) is 7.12. The molecule has 1 heterocycles. The molecular weight excluding hydrogens is 490 g/mol. The van der Waals surface area contributed by atoms with E-state index in [4.69, 9.17) is 8.92 Å². The molecule has 0 aromatic heterocycles. The Balaban J connectivity index is 0.00000222. The summed E-state index contributed by atoms with van der Waals surface area (Å²) >= 11 is -1.45. The van der Waals surface area contributed by atoms with Crippen molar-refractivity contribution in [3.63, 3.8) is 0 Å². The van der Waals surface area contributed by atoms with Crippen LogP contribution in [0, 0.1) is 6.92 Å². The van der Waals surface area contributed by atoms with Crippen LogP contribution in [0.4, 0.5) is 19.3 Å². The molecule has 0 spiro atoms. The van der Waals surface area contributed by atoms with Gasteiger partial charge in [-0.15, -0.1) is 0 Å². The van der Waals surface area contributed by atoms with Gasteiger partial charge in [0, 0.05) is 17.5 Å². The third kappa shape index (κ3) is 7.44. The van der Waals surface area contributed by atoms with Crippen LogP contribution in [0.15, 0.2) is 42.5 Å². The number of hydrogen-bond donors (Lipinski definition) is 1. The fourth-order valence-corrected chi connectivity index (χ4v) is 4.05. The number of nitrogens with one attached hydrogen (secondary N) is 1. The molecular formula is C26H32F2N2O5S. The lowest BCUT2D eigenvalue weighted by molar-refractivity contribution is -0.111. The van der Waals surface area contributed by atoms with Crippen LogP contribution < -0.4 is 10.2 Å². The SMILES string of the molecule is C/C(=C\c1ccc(N2CC(COS(C)=O)OC2=O)cc1C)c1ccccc1C(F)(F)CNC=O.CC. The van der Waals surface area contributed by atoms with Crippen molar-refractivity contribution in [1.29, 1.82) is 0 Å². The van der Waals surface area contributed by atoms with Gasteiger partial charge in [0.2, 0.25) is 6.41 Å². The molecule has 196 valence electrons. The average Bonchev–Trinajstić information content (AvgIpc) is 3.24. The molecule has 36 heavy (non-hydrogen) atoms. The number of anilines is 1. The number of hydrogen-bond acceptors (Lipinski definition) is 5. The zero-order chi connectivity index (χ0) is 26.9. The van der Waals surface area contributed by atoms with Gasteiger partial charge in [-0.05, 0) is 48.2 Å². The van der Waals surface area contributed by atoms with Crippen LogP contribution in [-0.2, 0) is 30.7 Å². The average molecular weight is 523 g/mol. The van der Waals surface area contributed by atoms with E-state index in [1.54, 1.807) is 37.3 Å². The standard InChI is InChI=1S/C24H26F2N2O5S.C2H6/c1-16-11-19(28-12-20(33-23(28)30)13-32-34(3)31)9-8-18(16)10-17(2)21-6-4-5-7-22(21)24(25,26)14-27-15-29;1-2/h4-11,15,20H,12-14H2,1-3H3,(H,27,29);1-2H3/b17-10+;. The van der Waals surface area contributed by atoms with Gasteiger partial charge in [-0.25, -0.2) is 9.00 Å². The molecule has 0 aliphatic carbocycles. The second-order valence-corrected chi connectivity index (χ2v) is 8.96. The van der Waals surface area contributed by atoms with Crippen molar-refractivity contribution in [3.05, 3.63) is 64.7 Å². The van der Waals surface area contributed by atoms with Crippen LogP contribution in [0.5, 0.6) is 0 Å². The van der Waals surface area contributed by atoms with E-state index in [1.807, 2.05) is 32.2 Å². The summed E-state index contributed by atoms with van der Waals surface area (Å²) in [6.07, 6.45) is 2.41. The lowest BCUT2D eigenvalue weighted by Gasteiger charge is -2.20. The maximum Gasteiger partial charge on any atom is 0.414 e. The Kier molecular flexibility index (Phi) is 10.7. The number of halogens is 2. The molecule has 1 fully saturated rings. The summed E-state index contributed by atoms with van der Waals surface area (Å²) < 4.78 is 50.7. The van der Waals surface area contributed by atoms with Crippen molar-refractivity contribution >= 4 is 40.9 Å². The van der Waals surface area contributed by atoms with Crippen molar-refractivity contribution in [2.24, 2.45) is 0 Å². The summed E-state index contributed by atoms with van der Waals surface area (Å²) in [4.78, 5) is 24.2. The first kappa shape index (κ1) is 29.1. The van der Waals surface area contributed by atoms with Crippen LogP contribution in [0.3, 0.4) is 0 Å². The highest BCUT2D eigenvalue weighted by atomic mass is 32.2. The number of benzene rings is 2. The zero-order valence-electron chi connectivity index (χ0n) is 21.0. The number of amides is 2. The summed E-state index contributed by atoms with van der Waals surface area (Å²) in [6, 6.07) is 11.6. The minimum atomic E-state index is -3.23. The minimum Gasteiger partial charge on any atom is -0.441 e. The Morgan fingerprint density at radius 1 is 1.28 bits per heavy atom. The number of allylic oxidation sites excluding steroid dienone is 1. The van der Waals surface area contributed by atoms with E-state index < -0.39 is 35.7 Å². The second kappa shape index (κ2) is 13.3. The Labute approximate surface area is 213 Å². The van der Waals surface area contributed by atoms with E-state index in [-0.39, 0.29) is 25.1 Å². The Morgan fingerprint density at radius 3 is 2.61 bits per heavy atom. The summed E-state index contributed by atoms with van der Waals surface area (Å²) in [7, 11) is 0. The highest BCUT2D eigenvalue weighted by Crippen LogP contribution is 2.34. The molecule has 3 rings (SSSR count). The predicted molar refractivity (Wildman–Crippen MR) is 138 cm³/mol. The Hall–Kier alpha value is -3.11. The number of alkyl halides is 2. The first-order valence-electron chi connectivity index (χ1n) is 11.5. The third-order valence-electron chi connectivity index (χ3n) is 5.38. The molecule has 7 nitrogen and oxygen atoms in total. The van der Waals surface area contributed by atoms with Gasteiger partial charge < -0.3 is 10.1 Å². The monoisotopic (exact) mass is 522 g/mol. The lowest BCUT2D eigenvalue weighted by atomic mass is 9.94. The molecule has 2 atom stereocenters. The third-order valence-corrected chi connectivity index (χ3v) is 5.85. The highest BCUT2D eigenvalue weighted by Gasteiger charge is 2.34. The van der Waals surface area contributed by atoms with E-state index in [9.17, 15) is 22.6 Å². The number of cyclic esters (lactones) is 1. The van der Waals surface area contributed by atoms with Crippen molar-refractivity contribution < 1.29 is 31.5 Å². The molecule has 0 bridgehead atoms. The fraction of sp³-hybridized carbons (Fsp3) is 0.385. The van der Waals surface area contributed by atoms with Crippen molar-refractivity contribution in [3.8, 4) is 0 Å². The molecule has 0 saturated carbocycles. The van der Waals surface area contributed by atoms with Gasteiger partial charge in [-0.1, -0.05) is 50.3 Å². The van der Waals surface area contributed by atoms with Crippen molar-refractivity contribution in [2.75, 3.05) is 30.9 Å². The maximum atomic E-state index is 14.7. The van der Waals surface area contributed by atoms with E-state index >= 15 is 0 Å². The summed E-state index contributed by atoms with van der Waals surface area (Å²) in [5.74, 6) is -3.23. The van der Waals surface area contributed by atoms with E-state index in [0.29, 0.717) is 16.8 Å². The summed E-state index contributed by atoms with van der Waals surface area (Å²) in [5.41, 5.74) is 3.10. The van der Waals surface area contributed by atoms with Crippen LogP contribution >= 0.6 is 0 Å². The van der Waals surface area contributed by atoms with Crippen molar-refractivity contribution in [2.45, 2.75) is 39.7 Å². The smallest absolute Gasteiger partial charge is 0.414 e. The molecule has 1 aliphatic heterocycles. The molecule has 2 unspecified atom stereocenters. The largest absolute Gasteiger partial charge is 0.441 e.